The van der Waals surface area contributed by atoms with Gasteiger partial charge >= 0.3 is 0 Å². The molecule has 0 N–H and O–H groups in total. The van der Waals surface area contributed by atoms with Gasteiger partial charge in [0.05, 0.1) is 0 Å². The highest BCUT2D eigenvalue weighted by atomic mass is 13.9. The van der Waals surface area contributed by atoms with Gasteiger partial charge in [-0.1, -0.05) is 0 Å². The van der Waals surface area contributed by atoms with Crippen LogP contribution in [0.4, 0.5) is 0 Å². The van der Waals surface area contributed by atoms with Gasteiger partial charge in [-0.15, -0.1) is 0 Å². The Hall–Kier alpha value is -0.260. The van der Waals surface area contributed by atoms with Crippen LogP contribution in [-0.4, -0.2) is 0 Å². The second-order valence-electron chi connectivity index (χ2n) is 1.56. The van der Waals surface area contributed by atoms with E-state index in [1.165, 1.54) is 12.8 Å². The summed E-state index contributed by atoms with van der Waals surface area (Å²) in [6.07, 6.45) is 11.0. The molecule has 6 heavy (non-hydrogen) atoms. The van der Waals surface area contributed by atoms with Crippen molar-refractivity contribution in [3.8, 4) is 0 Å². The predicted molar refractivity (Wildman–Crippen MR) is 25.0 cm³/mol. The summed E-state index contributed by atoms with van der Waals surface area (Å²) in [6, 6.07) is 0. The molecule has 0 amide bonds. The van der Waals surface area contributed by atoms with Crippen molar-refractivity contribution in [3.05, 3.63) is 12.2 Å². The van der Waals surface area contributed by atoms with Crippen LogP contribution in [0.3, 0.4) is 0 Å². The standard InChI is InChI=1S/C6H8/c1-2-4-6-5-3-1/h1-4H2. The molecule has 0 heterocycles. The fourth-order valence-electron chi connectivity index (χ4n) is 0.604. The minimum Gasteiger partial charge on any atom is -0.0489 e. The normalized spacial score (nSPS) is 21.3. The number of rotatable bonds is 0. The third-order valence-electron chi connectivity index (χ3n) is 0.979. The van der Waals surface area contributed by atoms with E-state index in [2.05, 4.69) is 12.2 Å². The summed E-state index contributed by atoms with van der Waals surface area (Å²) in [5.74, 6) is 0. The Morgan fingerprint density at radius 1 is 0.833 bits per heavy atom. The third kappa shape index (κ3) is 0.852. The van der Waals surface area contributed by atoms with E-state index in [4.69, 9.17) is 0 Å². The summed E-state index contributed by atoms with van der Waals surface area (Å²) in [7, 11) is 0. The van der Waals surface area contributed by atoms with Crippen molar-refractivity contribution in [2.24, 2.45) is 0 Å². The number of allylic oxidation sites excluding steroid dienone is 2. The predicted octanol–water partition coefficient (Wildman–Crippen LogP) is 1.72. The molecule has 0 spiro atoms. The minimum absolute atomic E-state index is 1.14. The van der Waals surface area contributed by atoms with E-state index in [0.717, 1.165) is 12.8 Å². The Bertz CT molecular complexity index is 45.1. The minimum atomic E-state index is 1.14. The Morgan fingerprint density at radius 2 is 1.33 bits per heavy atom. The number of hydrogen-bond acceptors (Lipinski definition) is 0. The zero-order valence-corrected chi connectivity index (χ0v) is 3.83. The molecule has 0 heteroatoms. The molecule has 0 nitrogen and oxygen atoms in total. The van der Waals surface area contributed by atoms with Gasteiger partial charge < -0.3 is 0 Å². The van der Waals surface area contributed by atoms with Crippen LogP contribution in [0.2, 0.25) is 0 Å². The first-order chi connectivity index (χ1) is 3.00. The molecular formula is C6H8. The van der Waals surface area contributed by atoms with Gasteiger partial charge in [0.15, 0.2) is 0 Å². The molecule has 0 unspecified atom stereocenters. The van der Waals surface area contributed by atoms with Crippen LogP contribution in [0.1, 0.15) is 25.7 Å². The maximum atomic E-state index is 3.03. The van der Waals surface area contributed by atoms with Crippen LogP contribution in [0.25, 0.3) is 0 Å². The van der Waals surface area contributed by atoms with Crippen LogP contribution in [0.5, 0.6) is 0 Å². The molecule has 0 saturated heterocycles. The highest BCUT2D eigenvalue weighted by molar-refractivity contribution is 4.69. The van der Waals surface area contributed by atoms with Gasteiger partial charge in [0.25, 0.3) is 0 Å². The summed E-state index contributed by atoms with van der Waals surface area (Å²) in [5, 5.41) is 0. The van der Waals surface area contributed by atoms with Gasteiger partial charge in [-0.25, -0.2) is 0 Å². The lowest BCUT2D eigenvalue weighted by Crippen LogP contribution is -1.79. The van der Waals surface area contributed by atoms with Crippen molar-refractivity contribution in [2.75, 3.05) is 0 Å². The second-order valence-corrected chi connectivity index (χ2v) is 1.56. The molecule has 0 atom stereocenters. The first-order valence-electron chi connectivity index (χ1n) is 2.46. The largest absolute Gasteiger partial charge is 0.0489 e. The van der Waals surface area contributed by atoms with Crippen molar-refractivity contribution in [1.82, 2.24) is 0 Å². The topological polar surface area (TPSA) is 0 Å². The monoisotopic (exact) mass is 80.1 g/mol. The number of hydrogen-bond donors (Lipinski definition) is 0. The molecule has 1 aliphatic carbocycles. The van der Waals surface area contributed by atoms with E-state index < -0.39 is 0 Å². The molecule has 1 aliphatic rings. The molecule has 32 valence electrons. The van der Waals surface area contributed by atoms with Crippen molar-refractivity contribution < 1.29 is 0 Å². The Balaban J connectivity index is 2.26. The second kappa shape index (κ2) is 2.01. The first kappa shape index (κ1) is 3.91. The van der Waals surface area contributed by atoms with E-state index in [1.54, 1.807) is 0 Å². The van der Waals surface area contributed by atoms with Gasteiger partial charge in [-0.2, -0.15) is 0 Å². The quantitative estimate of drug-likeness (QED) is 0.415. The Morgan fingerprint density at radius 3 is 1.50 bits per heavy atom. The molecule has 0 aromatic carbocycles. The van der Waals surface area contributed by atoms with E-state index >= 15 is 0 Å². The summed E-state index contributed by atoms with van der Waals surface area (Å²) in [4.78, 5) is 0. The van der Waals surface area contributed by atoms with Crippen LogP contribution < -0.4 is 0 Å². The van der Waals surface area contributed by atoms with Crippen LogP contribution >= 0.6 is 0 Å². The summed E-state index contributed by atoms with van der Waals surface area (Å²) in [6.45, 7) is 0. The maximum absolute atomic E-state index is 3.03. The molecule has 0 aliphatic heterocycles. The zero-order chi connectivity index (χ0) is 4.24. The fourth-order valence-corrected chi connectivity index (χ4v) is 0.604. The van der Waals surface area contributed by atoms with Gasteiger partial charge in [-0.3, -0.25) is 0 Å². The van der Waals surface area contributed by atoms with Gasteiger partial charge in [0.1, 0.15) is 0 Å². The SMILES string of the molecule is [C]1=[C]CCCC1. The smallest absolute Gasteiger partial charge is 0.0273 e. The maximum Gasteiger partial charge on any atom is -0.0273 e. The van der Waals surface area contributed by atoms with Crippen molar-refractivity contribution in [2.45, 2.75) is 25.7 Å². The summed E-state index contributed by atoms with van der Waals surface area (Å²) in [5.41, 5.74) is 0. The molecule has 0 fully saturated rings. The van der Waals surface area contributed by atoms with Crippen LogP contribution in [0.15, 0.2) is 0 Å². The average molecular weight is 80.1 g/mol. The van der Waals surface area contributed by atoms with Crippen molar-refractivity contribution in [1.29, 1.82) is 0 Å². The molecular weight excluding hydrogens is 72.1 g/mol. The third-order valence-corrected chi connectivity index (χ3v) is 0.979. The van der Waals surface area contributed by atoms with Crippen molar-refractivity contribution >= 4 is 0 Å². The van der Waals surface area contributed by atoms with E-state index in [-0.39, 0.29) is 0 Å². The van der Waals surface area contributed by atoms with E-state index in [9.17, 15) is 0 Å². The van der Waals surface area contributed by atoms with Gasteiger partial charge in [0.2, 0.25) is 0 Å². The van der Waals surface area contributed by atoms with E-state index in [0.29, 0.717) is 0 Å². The van der Waals surface area contributed by atoms with Gasteiger partial charge in [-0.05, 0) is 37.8 Å². The molecule has 0 saturated carbocycles. The van der Waals surface area contributed by atoms with E-state index in [1.807, 2.05) is 0 Å². The molecule has 0 aromatic rings. The highest BCUT2D eigenvalue weighted by Gasteiger charge is 1.88. The molecule has 2 radical (unpaired) electrons. The molecule has 0 bridgehead atoms. The lowest BCUT2D eigenvalue weighted by molar-refractivity contribution is 0.705. The zero-order valence-electron chi connectivity index (χ0n) is 3.83. The van der Waals surface area contributed by atoms with Crippen LogP contribution in [-0.2, 0) is 0 Å². The molecule has 0 aromatic heterocycles. The average Bonchev–Trinajstić information content (AvgIpc) is 1.72. The Kier molecular flexibility index (Phi) is 1.31. The first-order valence-corrected chi connectivity index (χ1v) is 2.46. The van der Waals surface area contributed by atoms with Crippen molar-refractivity contribution in [3.63, 3.8) is 0 Å². The highest BCUT2D eigenvalue weighted by Crippen LogP contribution is 2.05. The fraction of sp³-hybridized carbons (Fsp3) is 0.667. The lowest BCUT2D eigenvalue weighted by Gasteiger charge is -1.96. The summed E-state index contributed by atoms with van der Waals surface area (Å²) < 4.78 is 0. The Labute approximate surface area is 38.9 Å². The van der Waals surface area contributed by atoms with Gasteiger partial charge in [0, 0.05) is 0 Å². The summed E-state index contributed by atoms with van der Waals surface area (Å²) >= 11 is 0. The lowest BCUT2D eigenvalue weighted by atomic mass is 10.1. The molecule has 1 rings (SSSR count). The van der Waals surface area contributed by atoms with Crippen LogP contribution in [0, 0.1) is 12.2 Å².